The predicted octanol–water partition coefficient (Wildman–Crippen LogP) is 3.25. The molecule has 2 aromatic rings. The molecule has 1 heterocycles. The maximum atomic E-state index is 10.4. The Hall–Kier alpha value is -1.88. The summed E-state index contributed by atoms with van der Waals surface area (Å²) in [6.07, 6.45) is 2.50. The predicted molar refractivity (Wildman–Crippen MR) is 73.1 cm³/mol. The van der Waals surface area contributed by atoms with Crippen molar-refractivity contribution in [2.45, 2.75) is 6.92 Å². The lowest BCUT2D eigenvalue weighted by molar-refractivity contribution is -0.131. The van der Waals surface area contributed by atoms with Crippen LogP contribution in [-0.4, -0.2) is 21.0 Å². The summed E-state index contributed by atoms with van der Waals surface area (Å²) in [6.45, 7) is 1.91. The molecule has 0 saturated heterocycles. The minimum atomic E-state index is -0.991. The fraction of sp³-hybridized carbons (Fsp3) is 0.0769. The van der Waals surface area contributed by atoms with Crippen LogP contribution in [0.15, 0.2) is 34.8 Å². The lowest BCUT2D eigenvalue weighted by Crippen LogP contribution is -1.86. The molecule has 0 spiro atoms. The van der Waals surface area contributed by atoms with E-state index in [4.69, 9.17) is 5.11 Å². The number of hydrogen-bond donors (Lipinski definition) is 2. The molecule has 0 saturated carbocycles. The first-order valence-corrected chi connectivity index (χ1v) is 6.09. The Kier molecular flexibility index (Phi) is 3.62. The number of H-pyrrole nitrogens is 1. The third kappa shape index (κ3) is 2.87. The fourth-order valence-electron chi connectivity index (χ4n) is 1.60. The number of nitrogens with zero attached hydrogens (tertiary/aromatic N) is 1. The molecule has 1 aromatic heterocycles. The Morgan fingerprint density at radius 2 is 2.06 bits per heavy atom. The Morgan fingerprint density at radius 1 is 1.39 bits per heavy atom. The van der Waals surface area contributed by atoms with Gasteiger partial charge in [-0.15, -0.1) is 0 Å². The monoisotopic (exact) mass is 306 g/mol. The molecule has 0 fully saturated rings. The van der Waals surface area contributed by atoms with E-state index >= 15 is 0 Å². The number of aliphatic carboxylic acids is 1. The Balaban J connectivity index is 2.34. The molecule has 92 valence electrons. The van der Waals surface area contributed by atoms with Crippen LogP contribution in [0.5, 0.6) is 0 Å². The van der Waals surface area contributed by atoms with Crippen molar-refractivity contribution in [1.29, 1.82) is 0 Å². The molecule has 18 heavy (non-hydrogen) atoms. The Morgan fingerprint density at radius 3 is 2.67 bits per heavy atom. The van der Waals surface area contributed by atoms with Crippen molar-refractivity contribution in [3.63, 3.8) is 0 Å². The lowest BCUT2D eigenvalue weighted by atomic mass is 10.1. The van der Waals surface area contributed by atoms with Gasteiger partial charge >= 0.3 is 5.97 Å². The van der Waals surface area contributed by atoms with Crippen molar-refractivity contribution in [2.75, 3.05) is 0 Å². The molecular formula is C13H11BrN2O2. The number of carbonyl (C=O) groups is 1. The van der Waals surface area contributed by atoms with E-state index in [9.17, 15) is 4.79 Å². The Labute approximate surface area is 113 Å². The van der Waals surface area contributed by atoms with Gasteiger partial charge in [0.05, 0.1) is 5.69 Å². The van der Waals surface area contributed by atoms with Gasteiger partial charge in [0.15, 0.2) is 0 Å². The number of hydrogen-bond acceptors (Lipinski definition) is 2. The van der Waals surface area contributed by atoms with Gasteiger partial charge in [-0.05, 0) is 25.1 Å². The van der Waals surface area contributed by atoms with E-state index in [1.54, 1.807) is 0 Å². The van der Waals surface area contributed by atoms with E-state index in [0.29, 0.717) is 5.82 Å². The van der Waals surface area contributed by atoms with Crippen LogP contribution in [0.25, 0.3) is 17.3 Å². The van der Waals surface area contributed by atoms with E-state index < -0.39 is 5.97 Å². The lowest BCUT2D eigenvalue weighted by Gasteiger charge is -1.98. The molecule has 0 aliphatic rings. The summed E-state index contributed by atoms with van der Waals surface area (Å²) in [5.74, 6) is -0.456. The summed E-state index contributed by atoms with van der Waals surface area (Å²) in [4.78, 5) is 17.8. The van der Waals surface area contributed by atoms with Crippen molar-refractivity contribution in [1.82, 2.24) is 9.97 Å². The largest absolute Gasteiger partial charge is 0.478 e. The number of imidazole rings is 1. The molecule has 0 aliphatic heterocycles. The molecule has 0 amide bonds. The highest BCUT2D eigenvalue weighted by Crippen LogP contribution is 2.23. The molecule has 0 aliphatic carbocycles. The number of nitrogens with one attached hydrogen (secondary N) is 1. The minimum absolute atomic E-state index is 0.535. The van der Waals surface area contributed by atoms with Crippen LogP contribution in [0.3, 0.4) is 0 Å². The number of carboxylic acid groups (broad SMARTS) is 1. The quantitative estimate of drug-likeness (QED) is 0.856. The number of benzene rings is 1. The first kappa shape index (κ1) is 12.6. The molecular weight excluding hydrogens is 296 g/mol. The van der Waals surface area contributed by atoms with Crippen molar-refractivity contribution in [2.24, 2.45) is 0 Å². The number of aromatic amines is 1. The number of aryl methyl sites for hydroxylation is 1. The summed E-state index contributed by atoms with van der Waals surface area (Å²) < 4.78 is 1.01. The van der Waals surface area contributed by atoms with Gasteiger partial charge in [-0.25, -0.2) is 9.78 Å². The van der Waals surface area contributed by atoms with Gasteiger partial charge in [-0.1, -0.05) is 28.1 Å². The summed E-state index contributed by atoms with van der Waals surface area (Å²) in [5.41, 5.74) is 2.72. The standard InChI is InChI=1S/C13H11BrN2O2/c1-8-13(9-2-4-10(14)5-3-9)16-11(15-8)6-7-12(17)18/h2-7H,1H3,(H,15,16)(H,17,18)/b7-6+. The average Bonchev–Trinajstić information content (AvgIpc) is 2.69. The van der Waals surface area contributed by atoms with Crippen LogP contribution >= 0.6 is 15.9 Å². The SMILES string of the molecule is Cc1[nH]c(/C=C/C(=O)O)nc1-c1ccc(Br)cc1. The number of aromatic nitrogens is 2. The second-order valence-corrected chi connectivity index (χ2v) is 4.69. The minimum Gasteiger partial charge on any atom is -0.478 e. The van der Waals surface area contributed by atoms with Crippen LogP contribution in [-0.2, 0) is 4.79 Å². The normalized spacial score (nSPS) is 11.0. The molecule has 1 aromatic carbocycles. The van der Waals surface area contributed by atoms with Crippen molar-refractivity contribution >= 4 is 28.0 Å². The third-order valence-electron chi connectivity index (χ3n) is 2.40. The van der Waals surface area contributed by atoms with Gasteiger partial charge in [-0.3, -0.25) is 0 Å². The second-order valence-electron chi connectivity index (χ2n) is 3.77. The summed E-state index contributed by atoms with van der Waals surface area (Å²) in [7, 11) is 0. The van der Waals surface area contributed by atoms with E-state index in [1.165, 1.54) is 6.08 Å². The van der Waals surface area contributed by atoms with Crippen LogP contribution in [0.2, 0.25) is 0 Å². The number of halogens is 1. The van der Waals surface area contributed by atoms with E-state index in [-0.39, 0.29) is 0 Å². The van der Waals surface area contributed by atoms with Gasteiger partial charge in [0.2, 0.25) is 0 Å². The van der Waals surface area contributed by atoms with Crippen LogP contribution in [0, 0.1) is 6.92 Å². The first-order chi connectivity index (χ1) is 8.56. The van der Waals surface area contributed by atoms with Crippen LogP contribution < -0.4 is 0 Å². The van der Waals surface area contributed by atoms with Crippen molar-refractivity contribution < 1.29 is 9.90 Å². The highest BCUT2D eigenvalue weighted by atomic mass is 79.9. The number of carboxylic acids is 1. The Bertz CT molecular complexity index is 600. The smallest absolute Gasteiger partial charge is 0.328 e. The maximum absolute atomic E-state index is 10.4. The highest BCUT2D eigenvalue weighted by Gasteiger charge is 2.07. The first-order valence-electron chi connectivity index (χ1n) is 5.30. The van der Waals surface area contributed by atoms with Crippen LogP contribution in [0.4, 0.5) is 0 Å². The van der Waals surface area contributed by atoms with Gasteiger partial charge in [0.1, 0.15) is 5.82 Å². The molecule has 0 radical (unpaired) electrons. The van der Waals surface area contributed by atoms with Gasteiger partial charge in [0.25, 0.3) is 0 Å². The second kappa shape index (κ2) is 5.18. The average molecular weight is 307 g/mol. The van der Waals surface area contributed by atoms with Gasteiger partial charge in [0, 0.05) is 21.8 Å². The van der Waals surface area contributed by atoms with Gasteiger partial charge < -0.3 is 10.1 Å². The van der Waals surface area contributed by atoms with Crippen molar-refractivity contribution in [3.05, 3.63) is 46.3 Å². The zero-order valence-corrected chi connectivity index (χ0v) is 11.2. The van der Waals surface area contributed by atoms with Gasteiger partial charge in [-0.2, -0.15) is 0 Å². The van der Waals surface area contributed by atoms with Crippen molar-refractivity contribution in [3.8, 4) is 11.3 Å². The third-order valence-corrected chi connectivity index (χ3v) is 2.93. The molecule has 2 rings (SSSR count). The topological polar surface area (TPSA) is 66.0 Å². The maximum Gasteiger partial charge on any atom is 0.328 e. The van der Waals surface area contributed by atoms with Crippen LogP contribution in [0.1, 0.15) is 11.5 Å². The fourth-order valence-corrected chi connectivity index (χ4v) is 1.87. The molecule has 0 unspecified atom stereocenters. The zero-order chi connectivity index (χ0) is 13.1. The molecule has 2 N–H and O–H groups in total. The molecule has 0 bridgehead atoms. The summed E-state index contributed by atoms with van der Waals surface area (Å²) in [6, 6.07) is 7.79. The van der Waals surface area contributed by atoms with E-state index in [1.807, 2.05) is 31.2 Å². The number of rotatable bonds is 3. The molecule has 0 atom stereocenters. The molecule has 5 heteroatoms. The highest BCUT2D eigenvalue weighted by molar-refractivity contribution is 9.10. The summed E-state index contributed by atoms with van der Waals surface area (Å²) >= 11 is 3.38. The summed E-state index contributed by atoms with van der Waals surface area (Å²) in [5, 5.41) is 8.56. The molecule has 4 nitrogen and oxygen atoms in total. The van der Waals surface area contributed by atoms with E-state index in [2.05, 4.69) is 25.9 Å². The zero-order valence-electron chi connectivity index (χ0n) is 9.64. The van der Waals surface area contributed by atoms with E-state index in [0.717, 1.165) is 27.5 Å².